The molecule has 0 N–H and O–H groups in total. The van der Waals surface area contributed by atoms with E-state index >= 15 is 0 Å². The summed E-state index contributed by atoms with van der Waals surface area (Å²) in [6.07, 6.45) is 3.86. The van der Waals surface area contributed by atoms with Gasteiger partial charge >= 0.3 is 0 Å². The number of rotatable bonds is 5. The lowest BCUT2D eigenvalue weighted by Gasteiger charge is -2.24. The first kappa shape index (κ1) is 14.9. The Balaban J connectivity index is 1.91. The van der Waals surface area contributed by atoms with E-state index in [4.69, 9.17) is 0 Å². The van der Waals surface area contributed by atoms with Crippen molar-refractivity contribution < 1.29 is 0 Å². The first-order chi connectivity index (χ1) is 10.8. The second-order valence-electron chi connectivity index (χ2n) is 5.26. The first-order valence-corrected chi connectivity index (χ1v) is 8.10. The van der Waals surface area contributed by atoms with Gasteiger partial charge in [0.05, 0.1) is 5.37 Å². The minimum Gasteiger partial charge on any atom is -0.295 e. The van der Waals surface area contributed by atoms with Gasteiger partial charge in [-0.1, -0.05) is 60.3 Å². The molecule has 0 fully saturated rings. The summed E-state index contributed by atoms with van der Waals surface area (Å²) in [6.45, 7) is 0. The molecule has 0 bridgehead atoms. The molecule has 1 heterocycles. The van der Waals surface area contributed by atoms with Crippen LogP contribution in [0.5, 0.6) is 0 Å². The van der Waals surface area contributed by atoms with E-state index in [2.05, 4.69) is 64.9 Å². The van der Waals surface area contributed by atoms with Gasteiger partial charge in [-0.3, -0.25) is 9.47 Å². The van der Waals surface area contributed by atoms with Crippen molar-refractivity contribution in [1.82, 2.24) is 14.5 Å². The second-order valence-corrected chi connectivity index (χ2v) is 6.31. The lowest BCUT2D eigenvalue weighted by atomic mass is 10.2. The number of imidazole rings is 1. The molecule has 0 aliphatic carbocycles. The molecule has 0 aliphatic rings. The van der Waals surface area contributed by atoms with Crippen LogP contribution in [0.2, 0.25) is 0 Å². The fourth-order valence-electron chi connectivity index (χ4n) is 2.35. The molecular formula is C18H19N3S. The highest BCUT2D eigenvalue weighted by Crippen LogP contribution is 2.36. The van der Waals surface area contributed by atoms with E-state index in [-0.39, 0.29) is 5.37 Å². The highest BCUT2D eigenvalue weighted by atomic mass is 32.2. The van der Waals surface area contributed by atoms with Crippen LogP contribution in [0.15, 0.2) is 78.2 Å². The van der Waals surface area contributed by atoms with Gasteiger partial charge in [0.25, 0.3) is 0 Å². The van der Waals surface area contributed by atoms with Crippen LogP contribution < -0.4 is 0 Å². The zero-order chi connectivity index (χ0) is 15.4. The predicted octanol–water partition coefficient (Wildman–Crippen LogP) is 4.22. The lowest BCUT2D eigenvalue weighted by molar-refractivity contribution is 0.390. The minimum absolute atomic E-state index is 0.228. The summed E-state index contributed by atoms with van der Waals surface area (Å²) in [4.78, 5) is 6.75. The molecule has 3 aromatic rings. The van der Waals surface area contributed by atoms with Crippen LogP contribution in [0.3, 0.4) is 0 Å². The Morgan fingerprint density at radius 3 is 2.23 bits per heavy atom. The van der Waals surface area contributed by atoms with Gasteiger partial charge in [-0.25, -0.2) is 4.98 Å². The van der Waals surface area contributed by atoms with Gasteiger partial charge in [0.1, 0.15) is 0 Å². The molecule has 3 nitrogen and oxygen atoms in total. The van der Waals surface area contributed by atoms with Crippen molar-refractivity contribution in [3.05, 3.63) is 78.6 Å². The third-order valence-corrected chi connectivity index (χ3v) is 4.84. The summed E-state index contributed by atoms with van der Waals surface area (Å²) in [6, 6.07) is 20.8. The van der Waals surface area contributed by atoms with Gasteiger partial charge in [0.15, 0.2) is 5.16 Å². The minimum atomic E-state index is 0.228. The Morgan fingerprint density at radius 1 is 0.955 bits per heavy atom. The number of thioether (sulfide) groups is 1. The summed E-state index contributed by atoms with van der Waals surface area (Å²) in [5, 5.41) is 1.22. The van der Waals surface area contributed by atoms with Crippen molar-refractivity contribution in [2.45, 2.75) is 10.5 Å². The fraction of sp³-hybridized carbons (Fsp3) is 0.167. The van der Waals surface area contributed by atoms with Gasteiger partial charge in [0, 0.05) is 18.1 Å². The molecular weight excluding hydrogens is 290 g/mol. The van der Waals surface area contributed by atoms with Crippen LogP contribution in [0.25, 0.3) is 5.69 Å². The Bertz CT molecular complexity index is 707. The van der Waals surface area contributed by atoms with Crippen LogP contribution in [0.1, 0.15) is 10.9 Å². The SMILES string of the molecule is CN(C)C(Sc1nccn1-c1ccccc1)c1ccccc1. The van der Waals surface area contributed by atoms with E-state index in [9.17, 15) is 0 Å². The molecule has 3 rings (SSSR count). The molecule has 0 spiro atoms. The molecule has 1 aromatic heterocycles. The number of aromatic nitrogens is 2. The summed E-state index contributed by atoms with van der Waals surface area (Å²) < 4.78 is 2.13. The molecule has 0 saturated carbocycles. The second kappa shape index (κ2) is 6.81. The van der Waals surface area contributed by atoms with Crippen molar-refractivity contribution in [3.63, 3.8) is 0 Å². The molecule has 112 valence electrons. The topological polar surface area (TPSA) is 21.1 Å². The number of para-hydroxylation sites is 1. The highest BCUT2D eigenvalue weighted by molar-refractivity contribution is 7.99. The maximum absolute atomic E-state index is 4.54. The van der Waals surface area contributed by atoms with Crippen LogP contribution in [-0.4, -0.2) is 28.5 Å². The van der Waals surface area contributed by atoms with Crippen molar-refractivity contribution in [1.29, 1.82) is 0 Å². The summed E-state index contributed by atoms with van der Waals surface area (Å²) in [5.41, 5.74) is 2.41. The average Bonchev–Trinajstić information content (AvgIpc) is 3.02. The Kier molecular flexibility index (Phi) is 4.61. The number of hydrogen-bond acceptors (Lipinski definition) is 3. The van der Waals surface area contributed by atoms with Gasteiger partial charge < -0.3 is 0 Å². The third-order valence-electron chi connectivity index (χ3n) is 3.41. The fourth-order valence-corrected chi connectivity index (χ4v) is 3.46. The van der Waals surface area contributed by atoms with E-state index < -0.39 is 0 Å². The molecule has 2 aromatic carbocycles. The molecule has 22 heavy (non-hydrogen) atoms. The largest absolute Gasteiger partial charge is 0.295 e. The van der Waals surface area contributed by atoms with Crippen LogP contribution >= 0.6 is 11.8 Å². The van der Waals surface area contributed by atoms with Crippen molar-refractivity contribution >= 4 is 11.8 Å². The molecule has 4 heteroatoms. The predicted molar refractivity (Wildman–Crippen MR) is 92.3 cm³/mol. The molecule has 1 unspecified atom stereocenters. The summed E-state index contributed by atoms with van der Waals surface area (Å²) >= 11 is 1.76. The summed E-state index contributed by atoms with van der Waals surface area (Å²) in [5.74, 6) is 0. The monoisotopic (exact) mass is 309 g/mol. The highest BCUT2D eigenvalue weighted by Gasteiger charge is 2.18. The standard InChI is InChI=1S/C18H19N3S/c1-20(2)17(15-9-5-3-6-10-15)22-18-19-13-14-21(18)16-11-7-4-8-12-16/h3-14,17H,1-2H3. The van der Waals surface area contributed by atoms with Crippen molar-refractivity contribution in [2.75, 3.05) is 14.1 Å². The van der Waals surface area contributed by atoms with E-state index in [1.165, 1.54) is 5.56 Å². The maximum atomic E-state index is 4.54. The lowest BCUT2D eigenvalue weighted by Crippen LogP contribution is -2.17. The van der Waals surface area contributed by atoms with Crippen molar-refractivity contribution in [2.24, 2.45) is 0 Å². The molecule has 0 saturated heterocycles. The Hall–Kier alpha value is -2.04. The quantitative estimate of drug-likeness (QED) is 0.520. The zero-order valence-corrected chi connectivity index (χ0v) is 13.6. The van der Waals surface area contributed by atoms with E-state index in [1.54, 1.807) is 11.8 Å². The Morgan fingerprint density at radius 2 is 1.59 bits per heavy atom. The molecule has 0 amide bonds. The smallest absolute Gasteiger partial charge is 0.174 e. The number of hydrogen-bond donors (Lipinski definition) is 0. The van der Waals surface area contributed by atoms with Gasteiger partial charge in [0.2, 0.25) is 0 Å². The first-order valence-electron chi connectivity index (χ1n) is 7.22. The molecule has 0 radical (unpaired) electrons. The van der Waals surface area contributed by atoms with Gasteiger partial charge in [-0.2, -0.15) is 0 Å². The number of benzene rings is 2. The normalized spacial score (nSPS) is 12.5. The zero-order valence-electron chi connectivity index (χ0n) is 12.8. The molecule has 1 atom stereocenters. The van der Waals surface area contributed by atoms with E-state index in [0.29, 0.717) is 0 Å². The average molecular weight is 309 g/mol. The van der Waals surface area contributed by atoms with E-state index in [1.807, 2.05) is 36.7 Å². The van der Waals surface area contributed by atoms with E-state index in [0.717, 1.165) is 10.8 Å². The number of nitrogens with zero attached hydrogens (tertiary/aromatic N) is 3. The third kappa shape index (κ3) is 3.24. The molecule has 0 aliphatic heterocycles. The van der Waals surface area contributed by atoms with Crippen LogP contribution in [-0.2, 0) is 0 Å². The van der Waals surface area contributed by atoms with Gasteiger partial charge in [-0.15, -0.1) is 0 Å². The maximum Gasteiger partial charge on any atom is 0.174 e. The van der Waals surface area contributed by atoms with Crippen molar-refractivity contribution in [3.8, 4) is 5.69 Å². The summed E-state index contributed by atoms with van der Waals surface area (Å²) in [7, 11) is 4.20. The van der Waals surface area contributed by atoms with Crippen LogP contribution in [0.4, 0.5) is 0 Å². The van der Waals surface area contributed by atoms with Gasteiger partial charge in [-0.05, 0) is 31.8 Å². The van der Waals surface area contributed by atoms with Crippen LogP contribution in [0, 0.1) is 0 Å². The Labute approximate surface area is 135 Å².